The molecule has 122 valence electrons. The third kappa shape index (κ3) is 5.66. The normalized spacial score (nSPS) is 10.7. The molecule has 3 nitrogen and oxygen atoms in total. The molecule has 0 aliphatic heterocycles. The van der Waals surface area contributed by atoms with Crippen molar-refractivity contribution in [2.45, 2.75) is 20.3 Å². The second kappa shape index (κ2) is 8.50. The number of carbonyl (C=O) groups excluding carboxylic acids is 1. The summed E-state index contributed by atoms with van der Waals surface area (Å²) in [5.41, 5.74) is 1.34. The molecule has 2 rings (SSSR count). The largest absolute Gasteiger partial charge is 0.492 e. The first-order valence-corrected chi connectivity index (χ1v) is 9.03. The molecule has 0 spiro atoms. The lowest BCUT2D eigenvalue weighted by Crippen LogP contribution is -2.12. The minimum absolute atomic E-state index is 0.151. The van der Waals surface area contributed by atoms with Crippen LogP contribution in [0, 0.1) is 5.92 Å². The zero-order chi connectivity index (χ0) is 16.8. The van der Waals surface area contributed by atoms with Gasteiger partial charge in [0.2, 0.25) is 0 Å². The number of benzene rings is 2. The summed E-state index contributed by atoms with van der Waals surface area (Å²) in [7, 11) is 0. The third-order valence-electron chi connectivity index (χ3n) is 3.25. The number of carbonyl (C=O) groups is 1. The lowest BCUT2D eigenvalue weighted by Gasteiger charge is -2.11. The van der Waals surface area contributed by atoms with Gasteiger partial charge in [-0.15, -0.1) is 0 Å². The van der Waals surface area contributed by atoms with Gasteiger partial charge < -0.3 is 10.1 Å². The van der Waals surface area contributed by atoms with Gasteiger partial charge in [-0.25, -0.2) is 0 Å². The molecule has 23 heavy (non-hydrogen) atoms. The van der Waals surface area contributed by atoms with Gasteiger partial charge in [0.1, 0.15) is 5.75 Å². The number of ether oxygens (including phenoxy) is 1. The summed E-state index contributed by atoms with van der Waals surface area (Å²) < 4.78 is 7.49. The van der Waals surface area contributed by atoms with Gasteiger partial charge in [-0.1, -0.05) is 29.8 Å². The van der Waals surface area contributed by atoms with Crippen LogP contribution in [0.15, 0.2) is 51.4 Å². The zero-order valence-corrected chi connectivity index (χ0v) is 16.3. The molecule has 5 heteroatoms. The highest BCUT2D eigenvalue weighted by Gasteiger charge is 2.10. The summed E-state index contributed by atoms with van der Waals surface area (Å²) in [6.07, 6.45) is 0.998. The predicted octanol–water partition coefficient (Wildman–Crippen LogP) is 5.89. The van der Waals surface area contributed by atoms with Crippen LogP contribution in [0.2, 0.25) is 0 Å². The molecule has 0 saturated carbocycles. The molecule has 2 aromatic carbocycles. The van der Waals surface area contributed by atoms with Crippen molar-refractivity contribution in [2.75, 3.05) is 11.9 Å². The van der Waals surface area contributed by atoms with E-state index in [0.29, 0.717) is 18.1 Å². The van der Waals surface area contributed by atoms with E-state index in [1.807, 2.05) is 30.3 Å². The minimum atomic E-state index is -0.151. The van der Waals surface area contributed by atoms with Gasteiger partial charge >= 0.3 is 0 Å². The van der Waals surface area contributed by atoms with E-state index in [2.05, 4.69) is 51.0 Å². The van der Waals surface area contributed by atoms with Crippen LogP contribution >= 0.6 is 31.9 Å². The Balaban J connectivity index is 2.01. The summed E-state index contributed by atoms with van der Waals surface area (Å²) in [4.78, 5) is 12.3. The van der Waals surface area contributed by atoms with Crippen molar-refractivity contribution in [3.63, 3.8) is 0 Å². The summed E-state index contributed by atoms with van der Waals surface area (Å²) in [6.45, 7) is 4.99. The Morgan fingerprint density at radius 2 is 1.83 bits per heavy atom. The quantitative estimate of drug-likeness (QED) is 0.608. The van der Waals surface area contributed by atoms with Crippen LogP contribution in [0.4, 0.5) is 5.69 Å². The fourth-order valence-electron chi connectivity index (χ4n) is 1.90. The number of hydrogen-bond acceptors (Lipinski definition) is 2. The summed E-state index contributed by atoms with van der Waals surface area (Å²) in [6, 6.07) is 12.8. The van der Waals surface area contributed by atoms with Crippen molar-refractivity contribution < 1.29 is 9.53 Å². The summed E-state index contributed by atoms with van der Waals surface area (Å²) in [5, 5.41) is 2.87. The van der Waals surface area contributed by atoms with Crippen LogP contribution in [0.5, 0.6) is 5.75 Å². The summed E-state index contributed by atoms with van der Waals surface area (Å²) in [5.74, 6) is 1.21. The van der Waals surface area contributed by atoms with E-state index < -0.39 is 0 Å². The first-order valence-electron chi connectivity index (χ1n) is 7.45. The topological polar surface area (TPSA) is 38.3 Å². The molecule has 0 heterocycles. The summed E-state index contributed by atoms with van der Waals surface area (Å²) >= 11 is 6.84. The number of rotatable bonds is 6. The Hall–Kier alpha value is -1.33. The monoisotopic (exact) mass is 439 g/mol. The SMILES string of the molecule is CC(C)CCOc1ccc(C(=O)Nc2ccc(Br)cc2)cc1Br. The highest BCUT2D eigenvalue weighted by atomic mass is 79.9. The van der Waals surface area contributed by atoms with E-state index in [1.165, 1.54) is 0 Å². The van der Waals surface area contributed by atoms with Crippen LogP contribution in [0.1, 0.15) is 30.6 Å². The maximum atomic E-state index is 12.3. The number of anilines is 1. The Morgan fingerprint density at radius 1 is 1.13 bits per heavy atom. The highest BCUT2D eigenvalue weighted by Crippen LogP contribution is 2.27. The van der Waals surface area contributed by atoms with Crippen molar-refractivity contribution in [3.05, 3.63) is 57.0 Å². The zero-order valence-electron chi connectivity index (χ0n) is 13.1. The van der Waals surface area contributed by atoms with Crippen molar-refractivity contribution in [1.29, 1.82) is 0 Å². The Labute approximate surface area is 153 Å². The first kappa shape index (κ1) is 18.0. The van der Waals surface area contributed by atoms with Crippen molar-refractivity contribution in [1.82, 2.24) is 0 Å². The highest BCUT2D eigenvalue weighted by molar-refractivity contribution is 9.10. The molecule has 0 fully saturated rings. The van der Waals surface area contributed by atoms with E-state index in [0.717, 1.165) is 26.8 Å². The smallest absolute Gasteiger partial charge is 0.255 e. The molecule has 0 radical (unpaired) electrons. The third-order valence-corrected chi connectivity index (χ3v) is 4.40. The van der Waals surface area contributed by atoms with Gasteiger partial charge in [-0.2, -0.15) is 0 Å². The van der Waals surface area contributed by atoms with Gasteiger partial charge in [0.25, 0.3) is 5.91 Å². The molecule has 1 amide bonds. The van der Waals surface area contributed by atoms with Gasteiger partial charge in [0.05, 0.1) is 11.1 Å². The Bertz CT molecular complexity index is 669. The average molecular weight is 441 g/mol. The lowest BCUT2D eigenvalue weighted by molar-refractivity contribution is 0.102. The van der Waals surface area contributed by atoms with Gasteiger partial charge in [0, 0.05) is 15.7 Å². The predicted molar refractivity (Wildman–Crippen MR) is 101 cm³/mol. The maximum Gasteiger partial charge on any atom is 0.255 e. The van der Waals surface area contributed by atoms with E-state index in [4.69, 9.17) is 4.74 Å². The number of nitrogens with one attached hydrogen (secondary N) is 1. The van der Waals surface area contributed by atoms with Crippen LogP contribution in [-0.2, 0) is 0 Å². The molecular formula is C18H19Br2NO2. The van der Waals surface area contributed by atoms with Gasteiger partial charge in [0.15, 0.2) is 0 Å². The molecule has 0 saturated heterocycles. The van der Waals surface area contributed by atoms with E-state index in [-0.39, 0.29) is 5.91 Å². The molecule has 0 unspecified atom stereocenters. The molecule has 0 aliphatic carbocycles. The second-order valence-corrected chi connectivity index (χ2v) is 7.41. The van der Waals surface area contributed by atoms with Crippen LogP contribution in [0.25, 0.3) is 0 Å². The van der Waals surface area contributed by atoms with Crippen LogP contribution in [-0.4, -0.2) is 12.5 Å². The van der Waals surface area contributed by atoms with Crippen molar-refractivity contribution in [2.24, 2.45) is 5.92 Å². The lowest BCUT2D eigenvalue weighted by atomic mass is 10.1. The van der Waals surface area contributed by atoms with Crippen LogP contribution < -0.4 is 10.1 Å². The van der Waals surface area contributed by atoms with Crippen molar-refractivity contribution in [3.8, 4) is 5.75 Å². The number of hydrogen-bond donors (Lipinski definition) is 1. The van der Waals surface area contributed by atoms with Gasteiger partial charge in [-0.3, -0.25) is 4.79 Å². The average Bonchev–Trinajstić information content (AvgIpc) is 2.50. The maximum absolute atomic E-state index is 12.3. The minimum Gasteiger partial charge on any atom is -0.492 e. The fourth-order valence-corrected chi connectivity index (χ4v) is 2.66. The van der Waals surface area contributed by atoms with Gasteiger partial charge in [-0.05, 0) is 70.7 Å². The molecule has 0 aliphatic rings. The van der Waals surface area contributed by atoms with Crippen LogP contribution in [0.3, 0.4) is 0 Å². The molecule has 0 atom stereocenters. The molecule has 0 aromatic heterocycles. The second-order valence-electron chi connectivity index (χ2n) is 5.64. The molecule has 0 bridgehead atoms. The fraction of sp³-hybridized carbons (Fsp3) is 0.278. The molecular weight excluding hydrogens is 422 g/mol. The van der Waals surface area contributed by atoms with E-state index >= 15 is 0 Å². The Kier molecular flexibility index (Phi) is 6.66. The number of halogens is 2. The Morgan fingerprint density at radius 3 is 2.43 bits per heavy atom. The van der Waals surface area contributed by atoms with Crippen molar-refractivity contribution >= 4 is 43.5 Å². The standard InChI is InChI=1S/C18H19Br2NO2/c1-12(2)9-10-23-17-8-3-13(11-16(17)20)18(22)21-15-6-4-14(19)5-7-15/h3-8,11-12H,9-10H2,1-2H3,(H,21,22). The van der Waals surface area contributed by atoms with E-state index in [9.17, 15) is 4.79 Å². The molecule has 2 aromatic rings. The van der Waals surface area contributed by atoms with E-state index in [1.54, 1.807) is 12.1 Å². The number of amides is 1. The molecule has 1 N–H and O–H groups in total. The first-order chi connectivity index (χ1) is 11.0.